The molecule has 1 heterocycles. The van der Waals surface area contributed by atoms with Crippen LogP contribution in [0.4, 0.5) is 4.39 Å². The van der Waals surface area contributed by atoms with Gasteiger partial charge in [-0.2, -0.15) is 0 Å². The van der Waals surface area contributed by atoms with Crippen molar-refractivity contribution in [1.29, 1.82) is 0 Å². The Balaban J connectivity index is 2.22. The third kappa shape index (κ3) is 3.94. The summed E-state index contributed by atoms with van der Waals surface area (Å²) in [4.78, 5) is 2.38. The number of hydrogen-bond donors (Lipinski definition) is 1. The predicted molar refractivity (Wildman–Crippen MR) is 82.7 cm³/mol. The van der Waals surface area contributed by atoms with Crippen molar-refractivity contribution < 1.29 is 4.39 Å². The van der Waals surface area contributed by atoms with Crippen LogP contribution in [-0.2, 0) is 0 Å². The molecule has 1 aromatic rings. The molecule has 0 unspecified atom stereocenters. The minimum atomic E-state index is -0.249. The zero-order valence-electron chi connectivity index (χ0n) is 12.3. The summed E-state index contributed by atoms with van der Waals surface area (Å²) < 4.78 is 14.4. The molecule has 1 aromatic carbocycles. The van der Waals surface area contributed by atoms with Gasteiger partial charge in [-0.05, 0) is 24.8 Å². The highest BCUT2D eigenvalue weighted by Crippen LogP contribution is 2.32. The van der Waals surface area contributed by atoms with Gasteiger partial charge in [-0.3, -0.25) is 4.90 Å². The van der Waals surface area contributed by atoms with Crippen LogP contribution < -0.4 is 5.32 Å². The first kappa shape index (κ1) is 15.7. The van der Waals surface area contributed by atoms with Crippen molar-refractivity contribution in [2.75, 3.05) is 26.2 Å². The Morgan fingerprint density at radius 1 is 1.25 bits per heavy atom. The number of halogens is 2. The van der Waals surface area contributed by atoms with Gasteiger partial charge in [-0.1, -0.05) is 37.6 Å². The Morgan fingerprint density at radius 3 is 2.60 bits per heavy atom. The molecule has 1 saturated heterocycles. The smallest absolute Gasteiger partial charge is 0.146 e. The van der Waals surface area contributed by atoms with E-state index in [0.29, 0.717) is 5.92 Å². The average Bonchev–Trinajstić information content (AvgIpc) is 2.44. The normalized spacial score (nSPS) is 18.4. The SMILES string of the molecule is CC(C)CC[C@H](c1cccc(Cl)c1F)N1CCNCC1. The van der Waals surface area contributed by atoms with E-state index in [4.69, 9.17) is 11.6 Å². The minimum absolute atomic E-state index is 0.137. The fourth-order valence-corrected chi connectivity index (χ4v) is 2.98. The summed E-state index contributed by atoms with van der Waals surface area (Å²) in [6.07, 6.45) is 2.08. The lowest BCUT2D eigenvalue weighted by atomic mass is 9.95. The lowest BCUT2D eigenvalue weighted by molar-refractivity contribution is 0.156. The van der Waals surface area contributed by atoms with Gasteiger partial charge in [0, 0.05) is 37.8 Å². The van der Waals surface area contributed by atoms with Crippen LogP contribution in [0.15, 0.2) is 18.2 Å². The molecule has 20 heavy (non-hydrogen) atoms. The largest absolute Gasteiger partial charge is 0.314 e. The van der Waals surface area contributed by atoms with Crippen LogP contribution in [0.5, 0.6) is 0 Å². The molecule has 1 aliphatic rings. The van der Waals surface area contributed by atoms with E-state index < -0.39 is 0 Å². The summed E-state index contributed by atoms with van der Waals surface area (Å²) in [6.45, 7) is 8.30. The van der Waals surface area contributed by atoms with Crippen LogP contribution in [0.1, 0.15) is 38.3 Å². The fourth-order valence-electron chi connectivity index (χ4n) is 2.80. The number of nitrogens with zero attached hydrogens (tertiary/aromatic N) is 1. The molecule has 1 N–H and O–H groups in total. The minimum Gasteiger partial charge on any atom is -0.314 e. The lowest BCUT2D eigenvalue weighted by Crippen LogP contribution is -2.45. The van der Waals surface area contributed by atoms with E-state index in [1.165, 1.54) is 0 Å². The Morgan fingerprint density at radius 2 is 1.95 bits per heavy atom. The van der Waals surface area contributed by atoms with Crippen LogP contribution in [0, 0.1) is 11.7 Å². The molecule has 0 saturated carbocycles. The standard InChI is InChI=1S/C16H24ClFN2/c1-12(2)6-7-15(20-10-8-19-9-11-20)13-4-3-5-14(17)16(13)18/h3-5,12,15,19H,6-11H2,1-2H3/t15-/m1/s1. The molecule has 0 spiro atoms. The number of hydrogen-bond acceptors (Lipinski definition) is 2. The van der Waals surface area contributed by atoms with Crippen LogP contribution in [0.3, 0.4) is 0 Å². The lowest BCUT2D eigenvalue weighted by Gasteiger charge is -2.36. The van der Waals surface area contributed by atoms with Gasteiger partial charge in [-0.25, -0.2) is 4.39 Å². The third-order valence-electron chi connectivity index (χ3n) is 3.95. The van der Waals surface area contributed by atoms with Gasteiger partial charge in [0.1, 0.15) is 5.82 Å². The molecule has 112 valence electrons. The van der Waals surface area contributed by atoms with Gasteiger partial charge in [-0.15, -0.1) is 0 Å². The third-order valence-corrected chi connectivity index (χ3v) is 4.24. The van der Waals surface area contributed by atoms with Crippen LogP contribution in [0.2, 0.25) is 5.02 Å². The molecule has 1 aliphatic heterocycles. The molecule has 2 rings (SSSR count). The Hall–Kier alpha value is -0.640. The van der Waals surface area contributed by atoms with Crippen molar-refractivity contribution in [3.05, 3.63) is 34.6 Å². The second-order valence-corrected chi connectivity index (χ2v) is 6.32. The van der Waals surface area contributed by atoms with Gasteiger partial charge in [0.25, 0.3) is 0 Å². The summed E-state index contributed by atoms with van der Waals surface area (Å²) in [5, 5.41) is 3.58. The zero-order chi connectivity index (χ0) is 14.5. The maximum atomic E-state index is 14.4. The molecule has 0 bridgehead atoms. The van der Waals surface area contributed by atoms with E-state index in [1.807, 2.05) is 12.1 Å². The van der Waals surface area contributed by atoms with Crippen LogP contribution in [-0.4, -0.2) is 31.1 Å². The highest BCUT2D eigenvalue weighted by molar-refractivity contribution is 6.30. The Labute approximate surface area is 126 Å². The average molecular weight is 299 g/mol. The monoisotopic (exact) mass is 298 g/mol. The quantitative estimate of drug-likeness (QED) is 0.888. The second-order valence-electron chi connectivity index (χ2n) is 5.92. The Kier molecular flexibility index (Phi) is 5.82. The highest BCUT2D eigenvalue weighted by atomic mass is 35.5. The molecular weight excluding hydrogens is 275 g/mol. The maximum Gasteiger partial charge on any atom is 0.146 e. The van der Waals surface area contributed by atoms with Crippen molar-refractivity contribution in [2.45, 2.75) is 32.7 Å². The van der Waals surface area contributed by atoms with Gasteiger partial charge in [0.05, 0.1) is 5.02 Å². The van der Waals surface area contributed by atoms with E-state index in [2.05, 4.69) is 24.1 Å². The molecule has 2 nitrogen and oxygen atoms in total. The van der Waals surface area contributed by atoms with Crippen molar-refractivity contribution in [2.24, 2.45) is 5.92 Å². The van der Waals surface area contributed by atoms with Crippen molar-refractivity contribution >= 4 is 11.6 Å². The zero-order valence-corrected chi connectivity index (χ0v) is 13.1. The Bertz CT molecular complexity index is 430. The van der Waals surface area contributed by atoms with E-state index in [-0.39, 0.29) is 16.9 Å². The summed E-state index contributed by atoms with van der Waals surface area (Å²) in [7, 11) is 0. The van der Waals surface area contributed by atoms with Crippen molar-refractivity contribution in [3.8, 4) is 0 Å². The number of rotatable bonds is 5. The number of benzene rings is 1. The summed E-state index contributed by atoms with van der Waals surface area (Å²) in [5.74, 6) is 0.379. The first-order valence-electron chi connectivity index (χ1n) is 7.48. The number of piperazine rings is 1. The molecule has 4 heteroatoms. The van der Waals surface area contributed by atoms with Gasteiger partial charge < -0.3 is 5.32 Å². The van der Waals surface area contributed by atoms with Gasteiger partial charge >= 0.3 is 0 Å². The van der Waals surface area contributed by atoms with E-state index in [0.717, 1.165) is 44.6 Å². The number of nitrogens with one attached hydrogen (secondary N) is 1. The molecular formula is C16H24ClFN2. The van der Waals surface area contributed by atoms with Crippen LogP contribution >= 0.6 is 11.6 Å². The first-order valence-corrected chi connectivity index (χ1v) is 7.86. The molecule has 0 radical (unpaired) electrons. The summed E-state index contributed by atoms with van der Waals surface area (Å²) in [5.41, 5.74) is 0.750. The van der Waals surface area contributed by atoms with E-state index >= 15 is 0 Å². The van der Waals surface area contributed by atoms with Gasteiger partial charge in [0.15, 0.2) is 0 Å². The molecule has 0 aromatic heterocycles. The topological polar surface area (TPSA) is 15.3 Å². The molecule has 0 amide bonds. The van der Waals surface area contributed by atoms with Gasteiger partial charge in [0.2, 0.25) is 0 Å². The fraction of sp³-hybridized carbons (Fsp3) is 0.625. The van der Waals surface area contributed by atoms with Crippen LogP contribution in [0.25, 0.3) is 0 Å². The maximum absolute atomic E-state index is 14.4. The first-order chi connectivity index (χ1) is 9.59. The van der Waals surface area contributed by atoms with Crippen molar-refractivity contribution in [1.82, 2.24) is 10.2 Å². The molecule has 1 atom stereocenters. The van der Waals surface area contributed by atoms with E-state index in [1.54, 1.807) is 6.07 Å². The van der Waals surface area contributed by atoms with E-state index in [9.17, 15) is 4.39 Å². The highest BCUT2D eigenvalue weighted by Gasteiger charge is 2.25. The van der Waals surface area contributed by atoms with Crippen molar-refractivity contribution in [3.63, 3.8) is 0 Å². The summed E-state index contributed by atoms with van der Waals surface area (Å²) in [6, 6.07) is 5.50. The summed E-state index contributed by atoms with van der Waals surface area (Å²) >= 11 is 5.95. The predicted octanol–water partition coefficient (Wildman–Crippen LogP) is 3.86. The second kappa shape index (κ2) is 7.39. The molecule has 0 aliphatic carbocycles. The molecule has 1 fully saturated rings.